The third kappa shape index (κ3) is 4.80. The largest absolute Gasteiger partial charge is 0.497 e. The molecule has 27 heavy (non-hydrogen) atoms. The summed E-state index contributed by atoms with van der Waals surface area (Å²) in [6.07, 6.45) is 3.12. The fourth-order valence-corrected chi connectivity index (χ4v) is 2.63. The van der Waals surface area contributed by atoms with Crippen LogP contribution >= 0.6 is 11.6 Å². The molecule has 0 bridgehead atoms. The van der Waals surface area contributed by atoms with Crippen molar-refractivity contribution >= 4 is 23.5 Å². The van der Waals surface area contributed by atoms with Crippen LogP contribution in [0.2, 0.25) is 5.02 Å². The van der Waals surface area contributed by atoms with E-state index in [1.807, 2.05) is 31.2 Å². The highest BCUT2D eigenvalue weighted by molar-refractivity contribution is 6.31. The molecule has 3 rings (SSSR count). The molecule has 5 heteroatoms. The van der Waals surface area contributed by atoms with Gasteiger partial charge in [-0.25, -0.2) is 0 Å². The van der Waals surface area contributed by atoms with Gasteiger partial charge in [-0.05, 0) is 67.6 Å². The third-order valence-corrected chi connectivity index (χ3v) is 4.45. The number of carbonyl (C=O) groups is 1. The molecule has 3 aromatic rings. The van der Waals surface area contributed by atoms with E-state index in [4.69, 9.17) is 25.5 Å². The van der Waals surface area contributed by atoms with E-state index in [0.29, 0.717) is 33.6 Å². The molecule has 138 valence electrons. The van der Waals surface area contributed by atoms with Crippen LogP contribution in [-0.2, 0) is 6.61 Å². The number of hydrogen-bond acceptors (Lipinski definition) is 4. The lowest BCUT2D eigenvalue weighted by Crippen LogP contribution is -1.95. The van der Waals surface area contributed by atoms with Crippen LogP contribution in [0.25, 0.3) is 6.08 Å². The van der Waals surface area contributed by atoms with Gasteiger partial charge in [-0.3, -0.25) is 4.79 Å². The van der Waals surface area contributed by atoms with Crippen molar-refractivity contribution < 1.29 is 18.7 Å². The molecule has 0 spiro atoms. The van der Waals surface area contributed by atoms with Gasteiger partial charge < -0.3 is 13.9 Å². The normalized spacial score (nSPS) is 10.9. The number of allylic oxidation sites excluding steroid dienone is 1. The predicted octanol–water partition coefficient (Wildman–Crippen LogP) is 5.73. The van der Waals surface area contributed by atoms with E-state index in [0.717, 1.165) is 5.56 Å². The summed E-state index contributed by atoms with van der Waals surface area (Å²) in [7, 11) is 1.59. The fraction of sp³-hybridized carbons (Fsp3) is 0.136. The van der Waals surface area contributed by atoms with Gasteiger partial charge in [0.25, 0.3) is 0 Å². The molecule has 0 radical (unpaired) electrons. The highest BCUT2D eigenvalue weighted by Gasteiger charge is 2.06. The molecule has 0 unspecified atom stereocenters. The number of methoxy groups -OCH3 is 1. The van der Waals surface area contributed by atoms with E-state index in [9.17, 15) is 4.79 Å². The molecule has 0 fully saturated rings. The Balaban J connectivity index is 1.60. The summed E-state index contributed by atoms with van der Waals surface area (Å²) >= 11 is 6.09. The van der Waals surface area contributed by atoms with Gasteiger partial charge in [0.05, 0.1) is 7.11 Å². The quantitative estimate of drug-likeness (QED) is 0.387. The summed E-state index contributed by atoms with van der Waals surface area (Å²) in [5.41, 5.74) is 1.47. The molecule has 0 aliphatic rings. The Hall–Kier alpha value is -2.98. The first kappa shape index (κ1) is 18.8. The zero-order valence-electron chi connectivity index (χ0n) is 15.1. The van der Waals surface area contributed by atoms with Crippen molar-refractivity contribution in [2.45, 2.75) is 13.5 Å². The minimum atomic E-state index is -0.110. The summed E-state index contributed by atoms with van der Waals surface area (Å²) in [4.78, 5) is 12.2. The minimum Gasteiger partial charge on any atom is -0.497 e. The van der Waals surface area contributed by atoms with Crippen LogP contribution in [-0.4, -0.2) is 12.9 Å². The Labute approximate surface area is 163 Å². The summed E-state index contributed by atoms with van der Waals surface area (Å²) in [6.45, 7) is 2.18. The second kappa shape index (κ2) is 8.60. The number of rotatable bonds is 7. The lowest BCUT2D eigenvalue weighted by Gasteiger charge is -2.08. The highest BCUT2D eigenvalue weighted by atomic mass is 35.5. The zero-order chi connectivity index (χ0) is 19.2. The molecule has 4 nitrogen and oxygen atoms in total. The first-order valence-corrected chi connectivity index (χ1v) is 8.77. The van der Waals surface area contributed by atoms with Crippen molar-refractivity contribution in [2.75, 3.05) is 7.11 Å². The molecule has 0 N–H and O–H groups in total. The molecule has 0 aliphatic carbocycles. The number of benzene rings is 2. The second-order valence-electron chi connectivity index (χ2n) is 5.88. The van der Waals surface area contributed by atoms with Gasteiger partial charge in [-0.1, -0.05) is 17.7 Å². The highest BCUT2D eigenvalue weighted by Crippen LogP contribution is 2.26. The smallest absolute Gasteiger partial charge is 0.185 e. The number of halogens is 1. The van der Waals surface area contributed by atoms with E-state index in [1.165, 1.54) is 6.08 Å². The van der Waals surface area contributed by atoms with E-state index in [-0.39, 0.29) is 12.4 Å². The molecule has 1 aromatic heterocycles. The van der Waals surface area contributed by atoms with Crippen LogP contribution in [0.15, 0.2) is 65.1 Å². The van der Waals surface area contributed by atoms with E-state index in [1.54, 1.807) is 43.5 Å². The molecule has 1 heterocycles. The molecule has 0 amide bonds. The first-order valence-electron chi connectivity index (χ1n) is 8.40. The van der Waals surface area contributed by atoms with Gasteiger partial charge in [0.2, 0.25) is 0 Å². The summed E-state index contributed by atoms with van der Waals surface area (Å²) < 4.78 is 16.5. The van der Waals surface area contributed by atoms with E-state index in [2.05, 4.69) is 0 Å². The number of hydrogen-bond donors (Lipinski definition) is 0. The number of ketones is 1. The summed E-state index contributed by atoms with van der Waals surface area (Å²) in [5.74, 6) is 2.55. The average molecular weight is 383 g/mol. The Morgan fingerprint density at radius 2 is 1.89 bits per heavy atom. The van der Waals surface area contributed by atoms with Gasteiger partial charge in [0, 0.05) is 16.1 Å². The van der Waals surface area contributed by atoms with Gasteiger partial charge >= 0.3 is 0 Å². The van der Waals surface area contributed by atoms with Crippen LogP contribution in [0.5, 0.6) is 11.5 Å². The van der Waals surface area contributed by atoms with Crippen LogP contribution in [0.4, 0.5) is 0 Å². The third-order valence-electron chi connectivity index (χ3n) is 4.04. The van der Waals surface area contributed by atoms with Gasteiger partial charge in [0.1, 0.15) is 29.6 Å². The molecule has 2 aromatic carbocycles. The van der Waals surface area contributed by atoms with Crippen molar-refractivity contribution in [1.29, 1.82) is 0 Å². The first-order chi connectivity index (χ1) is 13.1. The van der Waals surface area contributed by atoms with Crippen molar-refractivity contribution in [3.8, 4) is 11.5 Å². The SMILES string of the molecule is COc1ccc(C(=O)/C=C/c2ccc(COc3cccc(Cl)c3C)o2)cc1. The Morgan fingerprint density at radius 1 is 1.11 bits per heavy atom. The maximum Gasteiger partial charge on any atom is 0.185 e. The van der Waals surface area contributed by atoms with Gasteiger partial charge in [0.15, 0.2) is 5.78 Å². The molecule has 0 saturated carbocycles. The van der Waals surface area contributed by atoms with E-state index >= 15 is 0 Å². The summed E-state index contributed by atoms with van der Waals surface area (Å²) in [5, 5.41) is 0.660. The Morgan fingerprint density at radius 3 is 2.63 bits per heavy atom. The monoisotopic (exact) mass is 382 g/mol. The van der Waals surface area contributed by atoms with Crippen molar-refractivity contribution in [2.24, 2.45) is 0 Å². The topological polar surface area (TPSA) is 48.7 Å². The second-order valence-corrected chi connectivity index (χ2v) is 6.29. The average Bonchev–Trinajstić information content (AvgIpc) is 3.15. The lowest BCUT2D eigenvalue weighted by atomic mass is 10.1. The number of carbonyl (C=O) groups excluding carboxylic acids is 1. The summed E-state index contributed by atoms with van der Waals surface area (Å²) in [6, 6.07) is 16.1. The fourth-order valence-electron chi connectivity index (χ4n) is 2.46. The zero-order valence-corrected chi connectivity index (χ0v) is 15.8. The van der Waals surface area contributed by atoms with Gasteiger partial charge in [-0.2, -0.15) is 0 Å². The Kier molecular flexibility index (Phi) is 5.99. The molecule has 0 saturated heterocycles. The maximum absolute atomic E-state index is 12.2. The van der Waals surface area contributed by atoms with E-state index < -0.39 is 0 Å². The van der Waals surface area contributed by atoms with Crippen molar-refractivity contribution in [1.82, 2.24) is 0 Å². The predicted molar refractivity (Wildman–Crippen MR) is 106 cm³/mol. The lowest BCUT2D eigenvalue weighted by molar-refractivity contribution is 0.104. The minimum absolute atomic E-state index is 0.110. The maximum atomic E-state index is 12.2. The molecular formula is C22H19ClO4. The van der Waals surface area contributed by atoms with Crippen molar-refractivity contribution in [3.63, 3.8) is 0 Å². The molecular weight excluding hydrogens is 364 g/mol. The number of furan rings is 1. The Bertz CT molecular complexity index is 955. The van der Waals surface area contributed by atoms with Crippen LogP contribution in [0, 0.1) is 6.92 Å². The van der Waals surface area contributed by atoms with Crippen LogP contribution in [0.3, 0.4) is 0 Å². The standard InChI is InChI=1S/C22H19ClO4/c1-15-20(23)4-3-5-22(15)26-14-19-11-10-18(27-19)12-13-21(24)16-6-8-17(25-2)9-7-16/h3-13H,14H2,1-2H3/b13-12+. The number of ether oxygens (including phenoxy) is 2. The molecule has 0 aliphatic heterocycles. The van der Waals surface area contributed by atoms with Crippen molar-refractivity contribution in [3.05, 3.63) is 88.3 Å². The van der Waals surface area contributed by atoms with Gasteiger partial charge in [-0.15, -0.1) is 0 Å². The van der Waals surface area contributed by atoms with Crippen LogP contribution in [0.1, 0.15) is 27.4 Å². The molecule has 0 atom stereocenters. The van der Waals surface area contributed by atoms with Crippen LogP contribution < -0.4 is 9.47 Å².